The van der Waals surface area contributed by atoms with E-state index in [1.165, 1.54) is 19.3 Å². The van der Waals surface area contributed by atoms with E-state index in [4.69, 9.17) is 9.47 Å². The maximum Gasteiger partial charge on any atom is 0.188 e. The normalized spacial score (nSPS) is 15.5. The first-order chi connectivity index (χ1) is 8.85. The molecule has 1 heterocycles. The third-order valence-corrected chi connectivity index (χ3v) is 3.18. The van der Waals surface area contributed by atoms with E-state index in [1.54, 1.807) is 7.11 Å². The molecule has 0 aromatic heterocycles. The average molecular weight is 249 g/mol. The summed E-state index contributed by atoms with van der Waals surface area (Å²) in [4.78, 5) is 13.3. The van der Waals surface area contributed by atoms with E-state index in [9.17, 15) is 4.79 Å². The molecule has 0 saturated carbocycles. The van der Waals surface area contributed by atoms with Gasteiger partial charge in [-0.05, 0) is 31.4 Å². The molecule has 1 saturated heterocycles. The Morgan fingerprint density at radius 3 is 2.72 bits per heavy atom. The van der Waals surface area contributed by atoms with E-state index in [0.29, 0.717) is 11.3 Å². The lowest BCUT2D eigenvalue weighted by Crippen LogP contribution is -2.29. The summed E-state index contributed by atoms with van der Waals surface area (Å²) >= 11 is 0. The molecule has 0 N–H and O–H groups in total. The molecule has 1 fully saturated rings. The molecule has 4 nitrogen and oxygen atoms in total. The summed E-state index contributed by atoms with van der Waals surface area (Å²) in [5.41, 5.74) is 1.68. The van der Waals surface area contributed by atoms with Crippen LogP contribution in [0.1, 0.15) is 29.6 Å². The number of rotatable bonds is 5. The molecule has 0 radical (unpaired) electrons. The number of nitrogens with zero attached hydrogens (tertiary/aromatic N) is 1. The van der Waals surface area contributed by atoms with E-state index in [1.807, 2.05) is 18.2 Å². The van der Waals surface area contributed by atoms with Crippen molar-refractivity contribution in [3.05, 3.63) is 23.8 Å². The molecule has 1 aliphatic rings. The predicted octanol–water partition coefficient (Wildman–Crippen LogP) is 2.47. The molecule has 0 atom stereocenters. The highest BCUT2D eigenvalue weighted by Crippen LogP contribution is 2.27. The number of carbonyl (C=O) groups is 1. The van der Waals surface area contributed by atoms with Crippen molar-refractivity contribution in [3.63, 3.8) is 0 Å². The van der Waals surface area contributed by atoms with Crippen LogP contribution in [-0.4, -0.2) is 33.3 Å². The Morgan fingerprint density at radius 1 is 1.28 bits per heavy atom. The highest BCUT2D eigenvalue weighted by atomic mass is 16.7. The van der Waals surface area contributed by atoms with Crippen molar-refractivity contribution < 1.29 is 14.3 Å². The van der Waals surface area contributed by atoms with Gasteiger partial charge >= 0.3 is 0 Å². The lowest BCUT2D eigenvalue weighted by atomic mass is 10.1. The van der Waals surface area contributed by atoms with Gasteiger partial charge < -0.3 is 14.4 Å². The lowest BCUT2D eigenvalue weighted by molar-refractivity contribution is 0.0505. The highest BCUT2D eigenvalue weighted by Gasteiger charge is 2.13. The predicted molar refractivity (Wildman–Crippen MR) is 70.4 cm³/mol. The zero-order chi connectivity index (χ0) is 12.8. The van der Waals surface area contributed by atoms with Gasteiger partial charge in [0.2, 0.25) is 0 Å². The number of anilines is 1. The standard InChI is InChI=1S/C14H19NO3/c1-17-11-18-14-9-13(6-5-12(14)10-16)15-7-3-2-4-8-15/h5-6,9-10H,2-4,7-8,11H2,1H3. The minimum absolute atomic E-state index is 0.157. The maximum absolute atomic E-state index is 10.9. The van der Waals surface area contributed by atoms with E-state index in [2.05, 4.69) is 4.90 Å². The van der Waals surface area contributed by atoms with Gasteiger partial charge in [0.05, 0.1) is 5.56 Å². The fourth-order valence-corrected chi connectivity index (χ4v) is 2.22. The number of carbonyl (C=O) groups excluding carboxylic acids is 1. The monoisotopic (exact) mass is 249 g/mol. The van der Waals surface area contributed by atoms with Gasteiger partial charge in [0.25, 0.3) is 0 Å². The van der Waals surface area contributed by atoms with Crippen LogP contribution in [0, 0.1) is 0 Å². The number of aldehydes is 1. The topological polar surface area (TPSA) is 38.8 Å². The van der Waals surface area contributed by atoms with Gasteiger partial charge in [-0.25, -0.2) is 0 Å². The smallest absolute Gasteiger partial charge is 0.188 e. The van der Waals surface area contributed by atoms with Crippen molar-refractivity contribution in [1.82, 2.24) is 0 Å². The van der Waals surface area contributed by atoms with Gasteiger partial charge in [0.1, 0.15) is 5.75 Å². The van der Waals surface area contributed by atoms with Gasteiger partial charge in [0.15, 0.2) is 13.1 Å². The summed E-state index contributed by atoms with van der Waals surface area (Å²) in [6.07, 6.45) is 4.56. The summed E-state index contributed by atoms with van der Waals surface area (Å²) < 4.78 is 10.3. The van der Waals surface area contributed by atoms with Gasteiger partial charge in [0, 0.05) is 32.0 Å². The number of piperidine rings is 1. The summed E-state index contributed by atoms with van der Waals surface area (Å²) in [6.45, 7) is 2.30. The van der Waals surface area contributed by atoms with Gasteiger partial charge in [-0.2, -0.15) is 0 Å². The zero-order valence-corrected chi connectivity index (χ0v) is 10.7. The minimum atomic E-state index is 0.157. The SMILES string of the molecule is COCOc1cc(N2CCCCC2)ccc1C=O. The molecule has 2 rings (SSSR count). The Labute approximate surface area is 107 Å². The largest absolute Gasteiger partial charge is 0.467 e. The first-order valence-corrected chi connectivity index (χ1v) is 6.31. The minimum Gasteiger partial charge on any atom is -0.467 e. The van der Waals surface area contributed by atoms with Crippen LogP contribution in [0.15, 0.2) is 18.2 Å². The van der Waals surface area contributed by atoms with Crippen LogP contribution in [0.4, 0.5) is 5.69 Å². The van der Waals surface area contributed by atoms with Crippen LogP contribution < -0.4 is 9.64 Å². The number of hydrogen-bond acceptors (Lipinski definition) is 4. The second-order valence-electron chi connectivity index (χ2n) is 4.44. The molecule has 1 aliphatic heterocycles. The van der Waals surface area contributed by atoms with E-state index in [0.717, 1.165) is 25.1 Å². The highest BCUT2D eigenvalue weighted by molar-refractivity contribution is 5.80. The third kappa shape index (κ3) is 3.01. The molecule has 0 spiro atoms. The van der Waals surface area contributed by atoms with Crippen LogP contribution in [0.3, 0.4) is 0 Å². The molecule has 98 valence electrons. The van der Waals surface area contributed by atoms with E-state index in [-0.39, 0.29) is 6.79 Å². The summed E-state index contributed by atoms with van der Waals surface area (Å²) in [5.74, 6) is 0.593. The van der Waals surface area contributed by atoms with Gasteiger partial charge in [-0.3, -0.25) is 4.79 Å². The molecule has 0 bridgehead atoms. The molecule has 0 amide bonds. The summed E-state index contributed by atoms with van der Waals surface area (Å²) in [7, 11) is 1.56. The molecule has 4 heteroatoms. The summed E-state index contributed by atoms with van der Waals surface area (Å²) in [5, 5.41) is 0. The van der Waals surface area contributed by atoms with Crippen molar-refractivity contribution in [1.29, 1.82) is 0 Å². The number of methoxy groups -OCH3 is 1. The Hall–Kier alpha value is -1.55. The Morgan fingerprint density at radius 2 is 2.06 bits per heavy atom. The number of ether oxygens (including phenoxy) is 2. The number of hydrogen-bond donors (Lipinski definition) is 0. The van der Waals surface area contributed by atoms with Crippen molar-refractivity contribution in [2.24, 2.45) is 0 Å². The van der Waals surface area contributed by atoms with Crippen molar-refractivity contribution >= 4 is 12.0 Å². The number of benzene rings is 1. The van der Waals surface area contributed by atoms with Crippen LogP contribution in [0.5, 0.6) is 5.75 Å². The average Bonchev–Trinajstić information content (AvgIpc) is 2.45. The van der Waals surface area contributed by atoms with Crippen molar-refractivity contribution in [3.8, 4) is 5.75 Å². The second-order valence-corrected chi connectivity index (χ2v) is 4.44. The Bertz CT molecular complexity index is 400. The Balaban J connectivity index is 2.17. The van der Waals surface area contributed by atoms with Gasteiger partial charge in [-0.15, -0.1) is 0 Å². The summed E-state index contributed by atoms with van der Waals surface area (Å²) in [6, 6.07) is 5.71. The van der Waals surface area contributed by atoms with Crippen LogP contribution in [0.2, 0.25) is 0 Å². The lowest BCUT2D eigenvalue weighted by Gasteiger charge is -2.29. The molecular formula is C14H19NO3. The third-order valence-electron chi connectivity index (χ3n) is 3.18. The molecule has 1 aromatic carbocycles. The van der Waals surface area contributed by atoms with Crippen LogP contribution in [-0.2, 0) is 4.74 Å². The fraction of sp³-hybridized carbons (Fsp3) is 0.500. The first-order valence-electron chi connectivity index (χ1n) is 6.31. The zero-order valence-electron chi connectivity index (χ0n) is 10.7. The van der Waals surface area contributed by atoms with Crippen LogP contribution >= 0.6 is 0 Å². The maximum atomic E-state index is 10.9. The molecule has 0 aliphatic carbocycles. The second kappa shape index (κ2) is 6.40. The fourth-order valence-electron chi connectivity index (χ4n) is 2.22. The molecular weight excluding hydrogens is 230 g/mol. The quantitative estimate of drug-likeness (QED) is 0.593. The van der Waals surface area contributed by atoms with Crippen LogP contribution in [0.25, 0.3) is 0 Å². The van der Waals surface area contributed by atoms with Gasteiger partial charge in [-0.1, -0.05) is 0 Å². The van der Waals surface area contributed by atoms with E-state index >= 15 is 0 Å². The van der Waals surface area contributed by atoms with E-state index < -0.39 is 0 Å². The van der Waals surface area contributed by atoms with Crippen molar-refractivity contribution in [2.45, 2.75) is 19.3 Å². The van der Waals surface area contributed by atoms with Crippen molar-refractivity contribution in [2.75, 3.05) is 31.9 Å². The molecule has 18 heavy (non-hydrogen) atoms. The molecule has 1 aromatic rings. The molecule has 0 unspecified atom stereocenters. The Kier molecular flexibility index (Phi) is 4.59. The first kappa shape index (κ1) is 12.9.